The zero-order valence-corrected chi connectivity index (χ0v) is 15.0. The molecule has 5 nitrogen and oxygen atoms in total. The van der Waals surface area contributed by atoms with Crippen LogP contribution in [0.25, 0.3) is 0 Å². The van der Waals surface area contributed by atoms with Crippen molar-refractivity contribution in [3.8, 4) is 0 Å². The van der Waals surface area contributed by atoms with Crippen molar-refractivity contribution in [2.24, 2.45) is 0 Å². The van der Waals surface area contributed by atoms with Gasteiger partial charge in [-0.05, 0) is 36.8 Å². The van der Waals surface area contributed by atoms with E-state index in [0.717, 1.165) is 17.7 Å². The molecule has 0 fully saturated rings. The molecular weight excluding hydrogens is 369 g/mol. The summed E-state index contributed by atoms with van der Waals surface area (Å²) in [5.41, 5.74) is 0.541. The third-order valence-corrected chi connectivity index (χ3v) is 4.09. The third-order valence-electron chi connectivity index (χ3n) is 4.09. The van der Waals surface area contributed by atoms with Crippen LogP contribution in [0.4, 0.5) is 24.7 Å². The first-order valence-corrected chi connectivity index (χ1v) is 8.57. The SMILES string of the molecule is CCN(Cc1ccccc1)c1ccc(C(=O)Nc2ccc(F)c(F)c2F)nn1. The van der Waals surface area contributed by atoms with Crippen LogP contribution in [-0.2, 0) is 6.54 Å². The molecule has 1 heterocycles. The molecule has 0 atom stereocenters. The highest BCUT2D eigenvalue weighted by Crippen LogP contribution is 2.20. The molecule has 28 heavy (non-hydrogen) atoms. The zero-order valence-electron chi connectivity index (χ0n) is 15.0. The van der Waals surface area contributed by atoms with Crippen molar-refractivity contribution < 1.29 is 18.0 Å². The molecule has 1 aromatic heterocycles. The van der Waals surface area contributed by atoms with E-state index in [0.29, 0.717) is 18.9 Å². The highest BCUT2D eigenvalue weighted by Gasteiger charge is 2.17. The van der Waals surface area contributed by atoms with E-state index in [1.165, 1.54) is 6.07 Å². The third kappa shape index (κ3) is 4.28. The number of nitrogens with one attached hydrogen (secondary N) is 1. The van der Waals surface area contributed by atoms with Crippen molar-refractivity contribution in [2.45, 2.75) is 13.5 Å². The zero-order chi connectivity index (χ0) is 20.1. The number of benzene rings is 2. The summed E-state index contributed by atoms with van der Waals surface area (Å²) in [4.78, 5) is 14.2. The molecule has 0 bridgehead atoms. The molecule has 0 aliphatic heterocycles. The lowest BCUT2D eigenvalue weighted by Gasteiger charge is -2.21. The lowest BCUT2D eigenvalue weighted by atomic mass is 10.2. The Labute approximate surface area is 159 Å². The van der Waals surface area contributed by atoms with E-state index in [-0.39, 0.29) is 5.69 Å². The number of nitrogens with zero attached hydrogens (tertiary/aromatic N) is 3. The summed E-state index contributed by atoms with van der Waals surface area (Å²) in [6.45, 7) is 3.27. The van der Waals surface area contributed by atoms with Crippen molar-refractivity contribution in [3.63, 3.8) is 0 Å². The summed E-state index contributed by atoms with van der Waals surface area (Å²) < 4.78 is 39.9. The van der Waals surface area contributed by atoms with E-state index in [9.17, 15) is 18.0 Å². The normalized spacial score (nSPS) is 10.6. The number of hydrogen-bond donors (Lipinski definition) is 1. The standard InChI is InChI=1S/C20H17F3N4O/c1-2-27(12-13-6-4-3-5-7-13)17-11-10-16(25-26-17)20(28)24-15-9-8-14(21)18(22)19(15)23/h3-11H,2,12H2,1H3,(H,24,28). The molecule has 0 radical (unpaired) electrons. The van der Waals surface area contributed by atoms with E-state index < -0.39 is 29.0 Å². The highest BCUT2D eigenvalue weighted by atomic mass is 19.2. The maximum atomic E-state index is 13.7. The van der Waals surface area contributed by atoms with Crippen LogP contribution in [0, 0.1) is 17.5 Å². The van der Waals surface area contributed by atoms with Crippen LogP contribution in [0.15, 0.2) is 54.6 Å². The topological polar surface area (TPSA) is 58.1 Å². The van der Waals surface area contributed by atoms with Crippen molar-refractivity contribution in [1.82, 2.24) is 10.2 Å². The fourth-order valence-electron chi connectivity index (χ4n) is 2.58. The van der Waals surface area contributed by atoms with Gasteiger partial charge in [0.15, 0.2) is 29.0 Å². The first-order valence-electron chi connectivity index (χ1n) is 8.57. The number of anilines is 2. The quantitative estimate of drug-likeness (QED) is 0.646. The fourth-order valence-corrected chi connectivity index (χ4v) is 2.58. The first kappa shape index (κ1) is 19.3. The highest BCUT2D eigenvalue weighted by molar-refractivity contribution is 6.02. The maximum Gasteiger partial charge on any atom is 0.276 e. The molecule has 144 valence electrons. The lowest BCUT2D eigenvalue weighted by molar-refractivity contribution is 0.102. The van der Waals surface area contributed by atoms with E-state index in [2.05, 4.69) is 15.5 Å². The van der Waals surface area contributed by atoms with Gasteiger partial charge in [-0.15, -0.1) is 10.2 Å². The molecule has 1 N–H and O–H groups in total. The summed E-state index contributed by atoms with van der Waals surface area (Å²) in [6, 6.07) is 14.5. The second-order valence-corrected chi connectivity index (χ2v) is 5.95. The van der Waals surface area contributed by atoms with Crippen molar-refractivity contribution in [2.75, 3.05) is 16.8 Å². The monoisotopic (exact) mass is 386 g/mol. The van der Waals surface area contributed by atoms with Gasteiger partial charge in [0.25, 0.3) is 5.91 Å². The summed E-state index contributed by atoms with van der Waals surface area (Å²) in [5, 5.41) is 10.1. The minimum absolute atomic E-state index is 0.0800. The van der Waals surface area contributed by atoms with Gasteiger partial charge in [0, 0.05) is 13.1 Å². The molecule has 2 aromatic carbocycles. The van der Waals surface area contributed by atoms with Crippen LogP contribution in [-0.4, -0.2) is 22.6 Å². The molecule has 3 aromatic rings. The van der Waals surface area contributed by atoms with Crippen LogP contribution in [0.3, 0.4) is 0 Å². The number of halogens is 3. The number of carbonyl (C=O) groups excluding carboxylic acids is 1. The average Bonchev–Trinajstić information content (AvgIpc) is 2.73. The van der Waals surface area contributed by atoms with Crippen molar-refractivity contribution in [3.05, 3.63) is 83.3 Å². The smallest absolute Gasteiger partial charge is 0.276 e. The minimum atomic E-state index is -1.65. The van der Waals surface area contributed by atoms with Gasteiger partial charge >= 0.3 is 0 Å². The number of carbonyl (C=O) groups is 1. The lowest BCUT2D eigenvalue weighted by Crippen LogP contribution is -2.24. The molecule has 3 rings (SSSR count). The molecule has 0 aliphatic carbocycles. The molecule has 0 aliphatic rings. The van der Waals surface area contributed by atoms with Crippen molar-refractivity contribution >= 4 is 17.4 Å². The Morgan fingerprint density at radius 1 is 0.964 bits per heavy atom. The summed E-state index contributed by atoms with van der Waals surface area (Å²) in [5.74, 6) is -4.67. The number of aromatic nitrogens is 2. The molecule has 0 saturated heterocycles. The largest absolute Gasteiger partial charge is 0.351 e. The molecule has 1 amide bonds. The van der Waals surface area contributed by atoms with Gasteiger partial charge in [0.2, 0.25) is 0 Å². The van der Waals surface area contributed by atoms with E-state index in [1.54, 1.807) is 6.07 Å². The first-order chi connectivity index (χ1) is 13.5. The second kappa shape index (κ2) is 8.51. The van der Waals surface area contributed by atoms with Gasteiger partial charge in [-0.1, -0.05) is 30.3 Å². The van der Waals surface area contributed by atoms with Crippen LogP contribution in [0.1, 0.15) is 23.0 Å². The fraction of sp³-hybridized carbons (Fsp3) is 0.150. The molecule has 0 spiro atoms. The molecule has 0 unspecified atom stereocenters. The van der Waals surface area contributed by atoms with Gasteiger partial charge in [0.1, 0.15) is 0 Å². The van der Waals surface area contributed by atoms with Gasteiger partial charge in [-0.3, -0.25) is 4.79 Å². The Morgan fingerprint density at radius 3 is 2.36 bits per heavy atom. The Hall–Kier alpha value is -3.42. The number of amides is 1. The Morgan fingerprint density at radius 2 is 1.71 bits per heavy atom. The van der Waals surface area contributed by atoms with E-state index in [4.69, 9.17) is 0 Å². The van der Waals surface area contributed by atoms with Crippen molar-refractivity contribution in [1.29, 1.82) is 0 Å². The predicted molar refractivity (Wildman–Crippen MR) is 99.5 cm³/mol. The molecular formula is C20H17F3N4O. The Kier molecular flexibility index (Phi) is 5.88. The number of hydrogen-bond acceptors (Lipinski definition) is 4. The summed E-state index contributed by atoms with van der Waals surface area (Å²) in [7, 11) is 0. The van der Waals surface area contributed by atoms with Gasteiger partial charge < -0.3 is 10.2 Å². The number of rotatable bonds is 6. The molecule has 8 heteroatoms. The van der Waals surface area contributed by atoms with E-state index in [1.807, 2.05) is 42.2 Å². The van der Waals surface area contributed by atoms with Crippen LogP contribution >= 0.6 is 0 Å². The summed E-state index contributed by atoms with van der Waals surface area (Å²) in [6.07, 6.45) is 0. The van der Waals surface area contributed by atoms with E-state index >= 15 is 0 Å². The van der Waals surface area contributed by atoms with Crippen LogP contribution in [0.5, 0.6) is 0 Å². The molecule has 0 saturated carbocycles. The Bertz CT molecular complexity index is 965. The minimum Gasteiger partial charge on any atom is -0.351 e. The van der Waals surface area contributed by atoms with Crippen LogP contribution in [0.2, 0.25) is 0 Å². The average molecular weight is 386 g/mol. The summed E-state index contributed by atoms with van der Waals surface area (Å²) >= 11 is 0. The van der Waals surface area contributed by atoms with Gasteiger partial charge in [0.05, 0.1) is 5.69 Å². The van der Waals surface area contributed by atoms with Gasteiger partial charge in [-0.2, -0.15) is 0 Å². The van der Waals surface area contributed by atoms with Crippen LogP contribution < -0.4 is 10.2 Å². The maximum absolute atomic E-state index is 13.7. The Balaban J connectivity index is 1.72. The predicted octanol–water partition coefficient (Wildman–Crippen LogP) is 4.17. The van der Waals surface area contributed by atoms with Gasteiger partial charge in [-0.25, -0.2) is 13.2 Å². The second-order valence-electron chi connectivity index (χ2n) is 5.95.